The van der Waals surface area contributed by atoms with Gasteiger partial charge in [0.05, 0.1) is 18.3 Å². The molecule has 4 rings (SSSR count). The Kier molecular flexibility index (Phi) is 4.79. The van der Waals surface area contributed by atoms with Gasteiger partial charge in [-0.05, 0) is 59.2 Å². The quantitative estimate of drug-likeness (QED) is 0.702. The van der Waals surface area contributed by atoms with Crippen LogP contribution < -0.4 is 4.90 Å². The number of hydrogen-bond acceptors (Lipinski definition) is 3. The third-order valence-corrected chi connectivity index (χ3v) is 6.18. The standard InChI is InChI=1S/C21H22INO3/c1-14-11-17(9-10-24)26-21(14)18-12-16(22)7-8-19(18)23(20(21)25)13-15-5-3-2-4-6-15/h2-8,12,14,17,24H,9-11,13H2,1H3/t14-,17+,21+/m1/s1. The Hall–Kier alpha value is -1.44. The molecule has 3 atom stereocenters. The van der Waals surface area contributed by atoms with Crippen LogP contribution in [0, 0.1) is 9.49 Å². The SMILES string of the molecule is C[C@@H]1C[C@H](CCO)O[C@@]12C(=O)N(Cc1ccccc1)c1ccc(I)cc12. The molecule has 1 spiro atoms. The highest BCUT2D eigenvalue weighted by Crippen LogP contribution is 2.54. The Morgan fingerprint density at radius 2 is 2.04 bits per heavy atom. The number of aliphatic hydroxyl groups excluding tert-OH is 1. The van der Waals surface area contributed by atoms with Crippen molar-refractivity contribution in [1.29, 1.82) is 0 Å². The van der Waals surface area contributed by atoms with Gasteiger partial charge in [0.1, 0.15) is 0 Å². The zero-order valence-corrected chi connectivity index (χ0v) is 16.8. The lowest BCUT2D eigenvalue weighted by molar-refractivity contribution is -0.146. The Labute approximate surface area is 167 Å². The molecular formula is C21H22INO3. The maximum Gasteiger partial charge on any atom is 0.264 e. The highest BCUT2D eigenvalue weighted by Gasteiger charge is 2.59. The minimum Gasteiger partial charge on any atom is -0.396 e. The molecule has 0 aliphatic carbocycles. The van der Waals surface area contributed by atoms with Crippen LogP contribution in [0.15, 0.2) is 48.5 Å². The molecule has 1 saturated heterocycles. The van der Waals surface area contributed by atoms with Crippen LogP contribution >= 0.6 is 22.6 Å². The molecule has 4 nitrogen and oxygen atoms in total. The molecule has 1 N–H and O–H groups in total. The van der Waals surface area contributed by atoms with Crippen molar-refractivity contribution in [3.05, 3.63) is 63.2 Å². The van der Waals surface area contributed by atoms with Crippen LogP contribution in [0.25, 0.3) is 0 Å². The lowest BCUT2D eigenvalue weighted by Crippen LogP contribution is -2.43. The summed E-state index contributed by atoms with van der Waals surface area (Å²) in [5.74, 6) is 0.0931. The van der Waals surface area contributed by atoms with Crippen LogP contribution in [0.5, 0.6) is 0 Å². The van der Waals surface area contributed by atoms with E-state index in [0.717, 1.165) is 26.8 Å². The van der Waals surface area contributed by atoms with Crippen molar-refractivity contribution in [2.45, 2.75) is 38.0 Å². The van der Waals surface area contributed by atoms with Gasteiger partial charge in [-0.15, -0.1) is 0 Å². The maximum absolute atomic E-state index is 13.6. The number of carbonyl (C=O) groups excluding carboxylic acids is 1. The minimum absolute atomic E-state index is 0.0197. The summed E-state index contributed by atoms with van der Waals surface area (Å²) in [5, 5.41) is 9.32. The first-order valence-electron chi connectivity index (χ1n) is 9.01. The van der Waals surface area contributed by atoms with Gasteiger partial charge in [-0.25, -0.2) is 0 Å². The molecule has 2 aliphatic rings. The third kappa shape index (κ3) is 2.77. The van der Waals surface area contributed by atoms with Crippen molar-refractivity contribution in [3.8, 4) is 0 Å². The van der Waals surface area contributed by atoms with Crippen LogP contribution in [0.2, 0.25) is 0 Å². The molecule has 0 bridgehead atoms. The smallest absolute Gasteiger partial charge is 0.264 e. The summed E-state index contributed by atoms with van der Waals surface area (Å²) in [7, 11) is 0. The number of carbonyl (C=O) groups is 1. The summed E-state index contributed by atoms with van der Waals surface area (Å²) < 4.78 is 7.46. The molecule has 5 heteroatoms. The van der Waals surface area contributed by atoms with E-state index >= 15 is 0 Å². The van der Waals surface area contributed by atoms with Crippen molar-refractivity contribution in [2.75, 3.05) is 11.5 Å². The minimum atomic E-state index is -0.925. The molecule has 1 fully saturated rings. The van der Waals surface area contributed by atoms with Gasteiger partial charge >= 0.3 is 0 Å². The molecule has 0 radical (unpaired) electrons. The van der Waals surface area contributed by atoms with E-state index in [2.05, 4.69) is 35.6 Å². The van der Waals surface area contributed by atoms with Gasteiger partial charge in [0.15, 0.2) is 5.60 Å². The molecule has 0 saturated carbocycles. The van der Waals surface area contributed by atoms with E-state index < -0.39 is 5.60 Å². The summed E-state index contributed by atoms with van der Waals surface area (Å²) in [6, 6.07) is 16.2. The molecule has 2 aliphatic heterocycles. The van der Waals surface area contributed by atoms with Crippen LogP contribution in [-0.4, -0.2) is 23.7 Å². The van der Waals surface area contributed by atoms with E-state index in [1.807, 2.05) is 47.4 Å². The first-order chi connectivity index (χ1) is 12.6. The van der Waals surface area contributed by atoms with E-state index in [0.29, 0.717) is 13.0 Å². The summed E-state index contributed by atoms with van der Waals surface area (Å²) in [6.07, 6.45) is 1.27. The Bertz CT molecular complexity index is 825. The monoisotopic (exact) mass is 463 g/mol. The number of nitrogens with zero attached hydrogens (tertiary/aromatic N) is 1. The van der Waals surface area contributed by atoms with Gasteiger partial charge < -0.3 is 14.7 Å². The van der Waals surface area contributed by atoms with Crippen molar-refractivity contribution in [3.63, 3.8) is 0 Å². The van der Waals surface area contributed by atoms with Crippen molar-refractivity contribution < 1.29 is 14.6 Å². The van der Waals surface area contributed by atoms with Gasteiger partial charge in [0.2, 0.25) is 0 Å². The molecule has 1 amide bonds. The van der Waals surface area contributed by atoms with E-state index in [4.69, 9.17) is 4.74 Å². The van der Waals surface area contributed by atoms with Gasteiger partial charge in [-0.3, -0.25) is 4.79 Å². The molecular weight excluding hydrogens is 441 g/mol. The third-order valence-electron chi connectivity index (χ3n) is 5.51. The highest BCUT2D eigenvalue weighted by atomic mass is 127. The fraction of sp³-hybridized carbons (Fsp3) is 0.381. The second-order valence-electron chi connectivity index (χ2n) is 7.16. The Morgan fingerprint density at radius 3 is 2.77 bits per heavy atom. The predicted octanol–water partition coefficient (Wildman–Crippen LogP) is 3.84. The summed E-state index contributed by atoms with van der Waals surface area (Å²) in [6.45, 7) is 2.70. The van der Waals surface area contributed by atoms with Gasteiger partial charge in [0, 0.05) is 21.7 Å². The largest absolute Gasteiger partial charge is 0.396 e. The molecule has 0 aromatic heterocycles. The van der Waals surface area contributed by atoms with E-state index in [1.165, 1.54) is 0 Å². The molecule has 136 valence electrons. The number of anilines is 1. The molecule has 2 heterocycles. The second kappa shape index (κ2) is 6.94. The number of hydrogen-bond donors (Lipinski definition) is 1. The normalized spacial score (nSPS) is 27.3. The van der Waals surface area contributed by atoms with Crippen LogP contribution in [-0.2, 0) is 21.7 Å². The Morgan fingerprint density at radius 1 is 1.27 bits per heavy atom. The first-order valence-corrected chi connectivity index (χ1v) is 10.1. The van der Waals surface area contributed by atoms with Gasteiger partial charge in [0.25, 0.3) is 5.91 Å². The van der Waals surface area contributed by atoms with E-state index in [9.17, 15) is 9.90 Å². The fourth-order valence-electron chi connectivity index (χ4n) is 4.29. The first kappa shape index (κ1) is 17.9. The van der Waals surface area contributed by atoms with Crippen molar-refractivity contribution >= 4 is 34.2 Å². The number of rotatable bonds is 4. The molecule has 2 aromatic rings. The molecule has 2 aromatic carbocycles. The van der Waals surface area contributed by atoms with Crippen LogP contribution in [0.4, 0.5) is 5.69 Å². The van der Waals surface area contributed by atoms with Crippen molar-refractivity contribution in [1.82, 2.24) is 0 Å². The highest BCUT2D eigenvalue weighted by molar-refractivity contribution is 14.1. The number of halogens is 1. The van der Waals surface area contributed by atoms with Crippen molar-refractivity contribution in [2.24, 2.45) is 5.92 Å². The van der Waals surface area contributed by atoms with Gasteiger partial charge in [-0.2, -0.15) is 0 Å². The number of benzene rings is 2. The number of amides is 1. The lowest BCUT2D eigenvalue weighted by atomic mass is 9.83. The predicted molar refractivity (Wildman–Crippen MR) is 109 cm³/mol. The van der Waals surface area contributed by atoms with E-state index in [1.54, 1.807) is 0 Å². The average molecular weight is 463 g/mol. The summed E-state index contributed by atoms with van der Waals surface area (Å²) >= 11 is 2.28. The fourth-order valence-corrected chi connectivity index (χ4v) is 4.78. The number of ether oxygens (including phenoxy) is 1. The van der Waals surface area contributed by atoms with Crippen LogP contribution in [0.1, 0.15) is 30.9 Å². The zero-order chi connectivity index (χ0) is 18.3. The summed E-state index contributed by atoms with van der Waals surface area (Å²) in [5.41, 5.74) is 2.08. The molecule has 0 unspecified atom stereocenters. The maximum atomic E-state index is 13.6. The average Bonchev–Trinajstić information content (AvgIpc) is 3.07. The summed E-state index contributed by atoms with van der Waals surface area (Å²) in [4.78, 5) is 15.5. The van der Waals surface area contributed by atoms with E-state index in [-0.39, 0.29) is 24.5 Å². The number of fused-ring (bicyclic) bond motifs is 2. The number of aliphatic hydroxyl groups is 1. The zero-order valence-electron chi connectivity index (χ0n) is 14.7. The van der Waals surface area contributed by atoms with Gasteiger partial charge in [-0.1, -0.05) is 37.3 Å². The Balaban J connectivity index is 1.77. The lowest BCUT2D eigenvalue weighted by Gasteiger charge is -2.28. The molecule has 26 heavy (non-hydrogen) atoms. The second-order valence-corrected chi connectivity index (χ2v) is 8.41. The van der Waals surface area contributed by atoms with Crippen LogP contribution in [0.3, 0.4) is 0 Å². The topological polar surface area (TPSA) is 49.8 Å².